The summed E-state index contributed by atoms with van der Waals surface area (Å²) in [4.78, 5) is 12.4. The van der Waals surface area contributed by atoms with Crippen molar-refractivity contribution in [2.45, 2.75) is 24.5 Å². The van der Waals surface area contributed by atoms with Gasteiger partial charge in [0.25, 0.3) is 0 Å². The van der Waals surface area contributed by atoms with Crippen molar-refractivity contribution >= 4 is 17.7 Å². The number of hydrogen-bond acceptors (Lipinski definition) is 4. The van der Waals surface area contributed by atoms with Gasteiger partial charge in [0, 0.05) is 23.6 Å². The number of hydrogen-bond donors (Lipinski definition) is 1. The lowest BCUT2D eigenvalue weighted by Crippen LogP contribution is -2.23. The Morgan fingerprint density at radius 2 is 1.96 bits per heavy atom. The van der Waals surface area contributed by atoms with E-state index in [4.69, 9.17) is 4.74 Å². The highest BCUT2D eigenvalue weighted by Crippen LogP contribution is 2.29. The Balaban J connectivity index is 1.80. The fourth-order valence-corrected chi connectivity index (χ4v) is 3.01. The number of carbonyl (C=O) groups excluding carboxylic acids is 1. The molecule has 0 aliphatic rings. The highest BCUT2D eigenvalue weighted by molar-refractivity contribution is 7.99. The van der Waals surface area contributed by atoms with Gasteiger partial charge in [-0.3, -0.25) is 4.79 Å². The summed E-state index contributed by atoms with van der Waals surface area (Å²) in [6.07, 6.45) is 0.225. The van der Waals surface area contributed by atoms with E-state index in [0.29, 0.717) is 16.2 Å². The number of rotatable bonds is 9. The Morgan fingerprint density at radius 1 is 1.19 bits per heavy atom. The van der Waals surface area contributed by atoms with E-state index < -0.39 is 6.61 Å². The minimum Gasteiger partial charge on any atom is -0.493 e. The third kappa shape index (κ3) is 6.18. The Hall–Kier alpha value is -2.35. The van der Waals surface area contributed by atoms with E-state index in [2.05, 4.69) is 10.1 Å². The maximum absolute atomic E-state index is 13.5. The van der Waals surface area contributed by atoms with Crippen molar-refractivity contribution < 1.29 is 27.4 Å². The molecule has 2 aromatic carbocycles. The first-order chi connectivity index (χ1) is 12.5. The summed E-state index contributed by atoms with van der Waals surface area (Å²) >= 11 is 1.27. The predicted molar refractivity (Wildman–Crippen MR) is 93.2 cm³/mol. The maximum atomic E-state index is 13.5. The molecule has 1 N–H and O–H groups in total. The predicted octanol–water partition coefficient (Wildman–Crippen LogP) is 4.23. The van der Waals surface area contributed by atoms with E-state index in [1.54, 1.807) is 24.3 Å². The second kappa shape index (κ2) is 9.96. The quantitative estimate of drug-likeness (QED) is 0.656. The van der Waals surface area contributed by atoms with Crippen LogP contribution < -0.4 is 14.8 Å². The van der Waals surface area contributed by atoms with Crippen LogP contribution in [0.3, 0.4) is 0 Å². The first kappa shape index (κ1) is 20.0. The lowest BCUT2D eigenvalue weighted by atomic mass is 10.2. The number of halogens is 3. The molecule has 8 heteroatoms. The van der Waals surface area contributed by atoms with Gasteiger partial charge in [0.1, 0.15) is 5.82 Å². The van der Waals surface area contributed by atoms with Crippen molar-refractivity contribution in [2.75, 3.05) is 12.9 Å². The lowest BCUT2D eigenvalue weighted by Gasteiger charge is -2.12. The first-order valence-electron chi connectivity index (χ1n) is 7.75. The summed E-state index contributed by atoms with van der Waals surface area (Å²) in [6.45, 7) is -2.73. The molecule has 140 valence electrons. The fourth-order valence-electron chi connectivity index (χ4n) is 2.12. The number of alkyl halides is 2. The average Bonchev–Trinajstić information content (AvgIpc) is 2.62. The van der Waals surface area contributed by atoms with Crippen molar-refractivity contribution in [3.05, 3.63) is 53.8 Å². The molecule has 0 aliphatic heterocycles. The Kier molecular flexibility index (Phi) is 7.65. The van der Waals surface area contributed by atoms with Crippen LogP contribution in [0, 0.1) is 5.82 Å². The van der Waals surface area contributed by atoms with Gasteiger partial charge in [0.2, 0.25) is 5.91 Å². The van der Waals surface area contributed by atoms with Crippen molar-refractivity contribution in [3.63, 3.8) is 0 Å². The van der Waals surface area contributed by atoms with Crippen LogP contribution in [0.15, 0.2) is 47.4 Å². The van der Waals surface area contributed by atoms with E-state index in [1.165, 1.54) is 37.1 Å². The van der Waals surface area contributed by atoms with Crippen LogP contribution in [0.25, 0.3) is 0 Å². The number of carbonyl (C=O) groups is 1. The number of amides is 1. The van der Waals surface area contributed by atoms with Crippen LogP contribution in [0.5, 0.6) is 11.5 Å². The standard InChI is InChI=1S/C18H18F3NO3S/c1-24-15-10-12(6-7-14(15)25-18(20)21)11-22-17(23)8-9-26-16-5-3-2-4-13(16)19/h2-7,10,18H,8-9,11H2,1H3,(H,22,23). The summed E-state index contributed by atoms with van der Waals surface area (Å²) in [6, 6.07) is 10.8. The fraction of sp³-hybridized carbons (Fsp3) is 0.278. The van der Waals surface area contributed by atoms with E-state index in [-0.39, 0.29) is 36.2 Å². The van der Waals surface area contributed by atoms with Gasteiger partial charge in [0.15, 0.2) is 11.5 Å². The van der Waals surface area contributed by atoms with E-state index in [9.17, 15) is 18.0 Å². The van der Waals surface area contributed by atoms with Crippen LogP contribution in [0.1, 0.15) is 12.0 Å². The summed E-state index contributed by atoms with van der Waals surface area (Å²) < 4.78 is 47.4. The van der Waals surface area contributed by atoms with Gasteiger partial charge in [0.05, 0.1) is 7.11 Å². The zero-order valence-corrected chi connectivity index (χ0v) is 14.8. The van der Waals surface area contributed by atoms with Gasteiger partial charge >= 0.3 is 6.61 Å². The molecular weight excluding hydrogens is 367 g/mol. The Labute approximate surface area is 153 Å². The molecule has 0 unspecified atom stereocenters. The van der Waals surface area contributed by atoms with E-state index in [0.717, 1.165) is 0 Å². The van der Waals surface area contributed by atoms with Gasteiger partial charge in [-0.15, -0.1) is 11.8 Å². The third-order valence-corrected chi connectivity index (χ3v) is 4.41. The molecule has 0 atom stereocenters. The van der Waals surface area contributed by atoms with Crippen LogP contribution >= 0.6 is 11.8 Å². The van der Waals surface area contributed by atoms with Crippen LogP contribution in [-0.4, -0.2) is 25.4 Å². The number of benzene rings is 2. The van der Waals surface area contributed by atoms with Crippen molar-refractivity contribution in [3.8, 4) is 11.5 Å². The molecule has 0 radical (unpaired) electrons. The second-order valence-corrected chi connectivity index (χ2v) is 6.31. The number of ether oxygens (including phenoxy) is 2. The molecule has 0 fully saturated rings. The topological polar surface area (TPSA) is 47.6 Å². The molecule has 2 aromatic rings. The van der Waals surface area contributed by atoms with Crippen molar-refractivity contribution in [2.24, 2.45) is 0 Å². The molecule has 0 bridgehead atoms. The highest BCUT2D eigenvalue weighted by Gasteiger charge is 2.11. The summed E-state index contributed by atoms with van der Waals surface area (Å²) in [7, 11) is 1.34. The van der Waals surface area contributed by atoms with Gasteiger partial charge in [-0.2, -0.15) is 8.78 Å². The van der Waals surface area contributed by atoms with E-state index >= 15 is 0 Å². The van der Waals surface area contributed by atoms with Crippen LogP contribution in [0.2, 0.25) is 0 Å². The summed E-state index contributed by atoms with van der Waals surface area (Å²) in [5, 5.41) is 2.72. The van der Waals surface area contributed by atoms with Gasteiger partial charge in [-0.25, -0.2) is 4.39 Å². The van der Waals surface area contributed by atoms with Gasteiger partial charge < -0.3 is 14.8 Å². The zero-order valence-electron chi connectivity index (χ0n) is 14.0. The van der Waals surface area contributed by atoms with Crippen LogP contribution in [-0.2, 0) is 11.3 Å². The highest BCUT2D eigenvalue weighted by atomic mass is 32.2. The van der Waals surface area contributed by atoms with Crippen molar-refractivity contribution in [1.29, 1.82) is 0 Å². The first-order valence-corrected chi connectivity index (χ1v) is 8.74. The third-order valence-electron chi connectivity index (χ3n) is 3.36. The summed E-state index contributed by atoms with van der Waals surface area (Å²) in [5.41, 5.74) is 0.679. The second-order valence-electron chi connectivity index (χ2n) is 5.17. The molecule has 4 nitrogen and oxygen atoms in total. The number of thioether (sulfide) groups is 1. The molecule has 1 amide bonds. The minimum atomic E-state index is -2.94. The molecule has 0 spiro atoms. The van der Waals surface area contributed by atoms with Crippen molar-refractivity contribution in [1.82, 2.24) is 5.32 Å². The molecule has 0 saturated carbocycles. The zero-order chi connectivity index (χ0) is 18.9. The molecule has 0 aliphatic carbocycles. The largest absolute Gasteiger partial charge is 0.493 e. The molecule has 26 heavy (non-hydrogen) atoms. The smallest absolute Gasteiger partial charge is 0.387 e. The Morgan fingerprint density at radius 3 is 2.65 bits per heavy atom. The SMILES string of the molecule is COc1cc(CNC(=O)CCSc2ccccc2F)ccc1OC(F)F. The molecule has 0 heterocycles. The number of methoxy groups -OCH3 is 1. The molecular formula is C18H18F3NO3S. The normalized spacial score (nSPS) is 10.7. The maximum Gasteiger partial charge on any atom is 0.387 e. The number of nitrogens with one attached hydrogen (secondary N) is 1. The lowest BCUT2D eigenvalue weighted by molar-refractivity contribution is -0.120. The van der Waals surface area contributed by atoms with Crippen LogP contribution in [0.4, 0.5) is 13.2 Å². The summed E-state index contributed by atoms with van der Waals surface area (Å²) in [5.74, 6) is 0.0277. The Bertz CT molecular complexity index is 743. The van der Waals surface area contributed by atoms with Gasteiger partial charge in [-0.05, 0) is 29.8 Å². The average molecular weight is 385 g/mol. The van der Waals surface area contributed by atoms with E-state index in [1.807, 2.05) is 0 Å². The molecule has 0 aromatic heterocycles. The minimum absolute atomic E-state index is 0.0705. The van der Waals surface area contributed by atoms with Gasteiger partial charge in [-0.1, -0.05) is 18.2 Å². The monoisotopic (exact) mass is 385 g/mol. The molecule has 0 saturated heterocycles. The molecule has 2 rings (SSSR count).